The largest absolute Gasteiger partial charge is 0.456 e. The maximum atomic E-state index is 12.8. The average Bonchev–Trinajstić information content (AvgIpc) is 3.10. The van der Waals surface area contributed by atoms with Gasteiger partial charge in [-0.1, -0.05) is 6.07 Å². The standard InChI is InChI=1S/C18H11F3N2O4S/c19-18(20,21)11-2-1-3-12(10-11)22-17(24)16-15(8-9-28-16)27-14-6-4-13(5-7-14)23(25)26/h1-10H,(H,22,24). The number of hydrogen-bond donors (Lipinski definition) is 1. The molecule has 0 aliphatic carbocycles. The second-order valence-corrected chi connectivity index (χ2v) is 6.42. The summed E-state index contributed by atoms with van der Waals surface area (Å²) in [5.74, 6) is -0.174. The summed E-state index contributed by atoms with van der Waals surface area (Å²) in [5.41, 5.74) is -0.992. The van der Waals surface area contributed by atoms with E-state index in [1.807, 2.05) is 0 Å². The number of carbonyl (C=O) groups excluding carboxylic acids is 1. The fourth-order valence-corrected chi connectivity index (χ4v) is 2.98. The number of non-ortho nitro benzene ring substituents is 1. The molecule has 0 radical (unpaired) electrons. The number of hydrogen-bond acceptors (Lipinski definition) is 5. The molecule has 6 nitrogen and oxygen atoms in total. The number of alkyl halides is 3. The quantitative estimate of drug-likeness (QED) is 0.432. The van der Waals surface area contributed by atoms with Gasteiger partial charge in [0.25, 0.3) is 11.6 Å². The number of rotatable bonds is 5. The molecule has 0 bridgehead atoms. The van der Waals surface area contributed by atoms with E-state index >= 15 is 0 Å². The number of nitro benzene ring substituents is 1. The number of anilines is 1. The van der Waals surface area contributed by atoms with Gasteiger partial charge in [-0.05, 0) is 41.8 Å². The molecule has 2 aromatic carbocycles. The Bertz CT molecular complexity index is 1020. The fourth-order valence-electron chi connectivity index (χ4n) is 2.27. The molecule has 0 aliphatic heterocycles. The van der Waals surface area contributed by atoms with Crippen molar-refractivity contribution in [1.29, 1.82) is 0 Å². The Morgan fingerprint density at radius 2 is 1.82 bits per heavy atom. The highest BCUT2D eigenvalue weighted by molar-refractivity contribution is 7.12. The highest BCUT2D eigenvalue weighted by atomic mass is 32.1. The molecule has 1 N–H and O–H groups in total. The summed E-state index contributed by atoms with van der Waals surface area (Å²) in [7, 11) is 0. The van der Waals surface area contributed by atoms with E-state index in [9.17, 15) is 28.1 Å². The monoisotopic (exact) mass is 408 g/mol. The SMILES string of the molecule is O=C(Nc1cccc(C(F)(F)F)c1)c1sccc1Oc1ccc([N+](=O)[O-])cc1. The molecule has 0 unspecified atom stereocenters. The van der Waals surface area contributed by atoms with Gasteiger partial charge in [0.15, 0.2) is 5.75 Å². The second-order valence-electron chi connectivity index (χ2n) is 5.50. The third-order valence-corrected chi connectivity index (χ3v) is 4.45. The average molecular weight is 408 g/mol. The molecule has 3 rings (SSSR count). The van der Waals surface area contributed by atoms with Gasteiger partial charge in [-0.3, -0.25) is 14.9 Å². The molecular weight excluding hydrogens is 397 g/mol. The summed E-state index contributed by atoms with van der Waals surface area (Å²) < 4.78 is 43.9. The van der Waals surface area contributed by atoms with E-state index in [-0.39, 0.29) is 27.8 Å². The first-order chi connectivity index (χ1) is 13.2. The van der Waals surface area contributed by atoms with Crippen LogP contribution in [0.4, 0.5) is 24.5 Å². The molecule has 3 aromatic rings. The molecule has 0 atom stereocenters. The first-order valence-corrected chi connectivity index (χ1v) is 8.60. The van der Waals surface area contributed by atoms with Crippen molar-refractivity contribution in [3.05, 3.63) is 80.5 Å². The Kier molecular flexibility index (Phi) is 5.32. The molecule has 0 fully saturated rings. The van der Waals surface area contributed by atoms with Crippen molar-refractivity contribution in [3.63, 3.8) is 0 Å². The van der Waals surface area contributed by atoms with Crippen LogP contribution < -0.4 is 10.1 Å². The number of halogens is 3. The predicted molar refractivity (Wildman–Crippen MR) is 96.9 cm³/mol. The number of ether oxygens (including phenoxy) is 1. The van der Waals surface area contributed by atoms with Crippen LogP contribution in [0.25, 0.3) is 0 Å². The third-order valence-electron chi connectivity index (χ3n) is 3.56. The minimum absolute atomic E-state index is 0.00508. The number of nitro groups is 1. The Hall–Kier alpha value is -3.40. The summed E-state index contributed by atoms with van der Waals surface area (Å²) in [5, 5.41) is 14.7. The van der Waals surface area contributed by atoms with Crippen molar-refractivity contribution >= 4 is 28.6 Å². The van der Waals surface area contributed by atoms with Gasteiger partial charge in [0.1, 0.15) is 10.6 Å². The van der Waals surface area contributed by atoms with Gasteiger partial charge >= 0.3 is 6.18 Å². The summed E-state index contributed by atoms with van der Waals surface area (Å²) in [6, 6.07) is 11.1. The van der Waals surface area contributed by atoms with E-state index in [1.54, 1.807) is 5.38 Å². The highest BCUT2D eigenvalue weighted by Gasteiger charge is 2.30. The van der Waals surface area contributed by atoms with Gasteiger partial charge in [-0.2, -0.15) is 13.2 Å². The normalized spacial score (nSPS) is 11.1. The lowest BCUT2D eigenvalue weighted by atomic mass is 10.2. The minimum atomic E-state index is -4.52. The number of carbonyl (C=O) groups is 1. The molecule has 1 amide bonds. The van der Waals surface area contributed by atoms with E-state index in [0.717, 1.165) is 23.5 Å². The topological polar surface area (TPSA) is 81.5 Å². The molecule has 1 aromatic heterocycles. The van der Waals surface area contributed by atoms with Crippen molar-refractivity contribution in [1.82, 2.24) is 0 Å². The van der Waals surface area contributed by atoms with Crippen LogP contribution in [0.1, 0.15) is 15.2 Å². The van der Waals surface area contributed by atoms with Crippen LogP contribution in [0.15, 0.2) is 60.0 Å². The first-order valence-electron chi connectivity index (χ1n) is 7.72. The zero-order chi connectivity index (χ0) is 20.3. The zero-order valence-corrected chi connectivity index (χ0v) is 14.7. The zero-order valence-electron chi connectivity index (χ0n) is 13.9. The van der Waals surface area contributed by atoms with Gasteiger partial charge in [0, 0.05) is 17.8 Å². The number of amides is 1. The van der Waals surface area contributed by atoms with Crippen LogP contribution in [0, 0.1) is 10.1 Å². The number of nitrogens with one attached hydrogen (secondary N) is 1. The van der Waals surface area contributed by atoms with E-state index < -0.39 is 22.6 Å². The maximum absolute atomic E-state index is 12.8. The van der Waals surface area contributed by atoms with Gasteiger partial charge in [-0.25, -0.2) is 0 Å². The van der Waals surface area contributed by atoms with Gasteiger partial charge in [-0.15, -0.1) is 11.3 Å². The van der Waals surface area contributed by atoms with E-state index in [1.165, 1.54) is 42.5 Å². The Balaban J connectivity index is 1.76. The highest BCUT2D eigenvalue weighted by Crippen LogP contribution is 2.33. The van der Waals surface area contributed by atoms with Crippen LogP contribution in [-0.2, 0) is 6.18 Å². The Labute approximate surface area is 160 Å². The summed E-state index contributed by atoms with van der Waals surface area (Å²) in [4.78, 5) is 22.7. The first kappa shape index (κ1) is 19.4. The van der Waals surface area contributed by atoms with Crippen LogP contribution in [-0.4, -0.2) is 10.8 Å². The number of benzene rings is 2. The minimum Gasteiger partial charge on any atom is -0.456 e. The van der Waals surface area contributed by atoms with E-state index in [2.05, 4.69) is 5.32 Å². The van der Waals surface area contributed by atoms with Gasteiger partial charge in [0.2, 0.25) is 0 Å². The summed E-state index contributed by atoms with van der Waals surface area (Å²) in [6.07, 6.45) is -4.52. The maximum Gasteiger partial charge on any atom is 0.416 e. The second kappa shape index (κ2) is 7.69. The summed E-state index contributed by atoms with van der Waals surface area (Å²) in [6.45, 7) is 0. The number of thiophene rings is 1. The summed E-state index contributed by atoms with van der Waals surface area (Å²) >= 11 is 1.05. The molecule has 1 heterocycles. The molecule has 0 saturated heterocycles. The molecular formula is C18H11F3N2O4S. The van der Waals surface area contributed by atoms with Crippen molar-refractivity contribution in [3.8, 4) is 11.5 Å². The van der Waals surface area contributed by atoms with Crippen molar-refractivity contribution < 1.29 is 27.6 Å². The van der Waals surface area contributed by atoms with Gasteiger partial charge in [0.05, 0.1) is 10.5 Å². The molecule has 0 saturated carbocycles. The van der Waals surface area contributed by atoms with E-state index in [4.69, 9.17) is 4.74 Å². The molecule has 144 valence electrons. The smallest absolute Gasteiger partial charge is 0.416 e. The van der Waals surface area contributed by atoms with Crippen LogP contribution in [0.5, 0.6) is 11.5 Å². The van der Waals surface area contributed by atoms with Crippen LogP contribution in [0.3, 0.4) is 0 Å². The lowest BCUT2D eigenvalue weighted by molar-refractivity contribution is -0.384. The number of nitrogens with zero attached hydrogens (tertiary/aromatic N) is 1. The Morgan fingerprint density at radius 1 is 1.11 bits per heavy atom. The third kappa shape index (κ3) is 4.46. The van der Waals surface area contributed by atoms with Crippen molar-refractivity contribution in [2.24, 2.45) is 0 Å². The molecule has 0 spiro atoms. The molecule has 0 aliphatic rings. The molecule has 10 heteroatoms. The lowest BCUT2D eigenvalue weighted by Gasteiger charge is -2.10. The van der Waals surface area contributed by atoms with Crippen molar-refractivity contribution in [2.75, 3.05) is 5.32 Å². The van der Waals surface area contributed by atoms with Crippen LogP contribution >= 0.6 is 11.3 Å². The Morgan fingerprint density at radius 3 is 2.46 bits per heavy atom. The molecule has 28 heavy (non-hydrogen) atoms. The van der Waals surface area contributed by atoms with E-state index in [0.29, 0.717) is 0 Å². The predicted octanol–water partition coefficient (Wildman–Crippen LogP) is 5.72. The van der Waals surface area contributed by atoms with Crippen molar-refractivity contribution in [2.45, 2.75) is 6.18 Å². The van der Waals surface area contributed by atoms with Gasteiger partial charge < -0.3 is 10.1 Å². The van der Waals surface area contributed by atoms with Crippen LogP contribution in [0.2, 0.25) is 0 Å². The lowest BCUT2D eigenvalue weighted by Crippen LogP contribution is -2.12. The fraction of sp³-hybridized carbons (Fsp3) is 0.0556.